The number of hydrogen-bond acceptors (Lipinski definition) is 4. The highest BCUT2D eigenvalue weighted by Gasteiger charge is 2.58. The summed E-state index contributed by atoms with van der Waals surface area (Å²) in [6.07, 6.45) is 7.07. The molecule has 1 heterocycles. The highest BCUT2D eigenvalue weighted by atomic mass is 16.4. The van der Waals surface area contributed by atoms with Crippen LogP contribution in [0.2, 0.25) is 0 Å². The Bertz CT molecular complexity index is 454. The summed E-state index contributed by atoms with van der Waals surface area (Å²) in [5.41, 5.74) is 0. The highest BCUT2D eigenvalue weighted by molar-refractivity contribution is 6.06. The molecule has 0 aromatic heterocycles. The number of aliphatic carboxylic acids is 1. The van der Waals surface area contributed by atoms with Crippen molar-refractivity contribution in [3.63, 3.8) is 0 Å². The third kappa shape index (κ3) is 2.05. The van der Waals surface area contributed by atoms with Gasteiger partial charge in [-0.3, -0.25) is 14.5 Å². The van der Waals surface area contributed by atoms with Crippen LogP contribution in [0.3, 0.4) is 0 Å². The van der Waals surface area contributed by atoms with E-state index in [2.05, 4.69) is 12.2 Å². The van der Waals surface area contributed by atoms with Crippen molar-refractivity contribution in [2.24, 2.45) is 23.7 Å². The number of carboxylic acid groups (broad SMARTS) is 1. The van der Waals surface area contributed by atoms with Crippen molar-refractivity contribution in [1.82, 2.24) is 4.90 Å². The molecule has 20 heavy (non-hydrogen) atoms. The minimum absolute atomic E-state index is 0.0169. The standard InChI is InChI=1S/C15H19NO4/c17-11(18)4-2-1-3-7-16-14(19)12-9-5-6-10(8-9)13(12)15(16)20/h5-6,9-10,12-13H,1-4,7-8H2,(H,17,18)/p-1/t9-,10-,12-,13+/m0/s1. The zero-order chi connectivity index (χ0) is 14.3. The van der Waals surface area contributed by atoms with Gasteiger partial charge in [0, 0.05) is 12.5 Å². The number of nitrogens with zero attached hydrogens (tertiary/aromatic N) is 1. The molecular weight excluding hydrogens is 258 g/mol. The predicted octanol–water partition coefficient (Wildman–Crippen LogP) is 0.104. The number of rotatable bonds is 6. The summed E-state index contributed by atoms with van der Waals surface area (Å²) >= 11 is 0. The Hall–Kier alpha value is -1.65. The van der Waals surface area contributed by atoms with Crippen LogP contribution in [0.1, 0.15) is 32.1 Å². The van der Waals surface area contributed by atoms with Gasteiger partial charge in [0.25, 0.3) is 0 Å². The summed E-state index contributed by atoms with van der Waals surface area (Å²) in [6, 6.07) is 0. The fourth-order valence-electron chi connectivity index (χ4n) is 3.90. The molecule has 0 aromatic carbocycles. The van der Waals surface area contributed by atoms with E-state index in [-0.39, 0.29) is 41.9 Å². The molecule has 2 amide bonds. The van der Waals surface area contributed by atoms with Gasteiger partial charge in [0.2, 0.25) is 11.8 Å². The van der Waals surface area contributed by atoms with Gasteiger partial charge in [-0.1, -0.05) is 18.6 Å². The first kappa shape index (κ1) is 13.3. The van der Waals surface area contributed by atoms with Gasteiger partial charge in [-0.2, -0.15) is 0 Å². The van der Waals surface area contributed by atoms with Gasteiger partial charge in [-0.15, -0.1) is 0 Å². The largest absolute Gasteiger partial charge is 0.550 e. The second kappa shape index (κ2) is 5.04. The molecular formula is C15H18NO4-. The van der Waals surface area contributed by atoms with E-state index in [4.69, 9.17) is 0 Å². The number of allylic oxidation sites excluding steroid dienone is 2. The summed E-state index contributed by atoms with van der Waals surface area (Å²) in [6.45, 7) is 0.428. The van der Waals surface area contributed by atoms with E-state index in [1.807, 2.05) is 0 Å². The van der Waals surface area contributed by atoms with Crippen LogP contribution < -0.4 is 5.11 Å². The number of fused-ring (bicyclic) bond motifs is 5. The lowest BCUT2D eigenvalue weighted by Gasteiger charge is -2.17. The highest BCUT2D eigenvalue weighted by Crippen LogP contribution is 2.52. The topological polar surface area (TPSA) is 77.5 Å². The van der Waals surface area contributed by atoms with E-state index in [1.54, 1.807) is 0 Å². The molecule has 1 saturated carbocycles. The Kier molecular flexibility index (Phi) is 3.36. The van der Waals surface area contributed by atoms with Crippen LogP contribution in [0.4, 0.5) is 0 Å². The zero-order valence-corrected chi connectivity index (χ0v) is 11.3. The van der Waals surface area contributed by atoms with Crippen molar-refractivity contribution in [3.05, 3.63) is 12.2 Å². The average molecular weight is 276 g/mol. The maximum atomic E-state index is 12.3. The molecule has 4 atom stereocenters. The molecule has 1 saturated heterocycles. The third-order valence-electron chi connectivity index (χ3n) is 4.82. The SMILES string of the molecule is O=C([O-])CCCCCN1C(=O)[C@@H]2[C@H](C1=O)[C@H]1C=C[C@H]2C1. The number of amides is 2. The maximum absolute atomic E-state index is 12.3. The molecule has 2 bridgehead atoms. The monoisotopic (exact) mass is 276 g/mol. The number of carbonyl (C=O) groups excluding carboxylic acids is 3. The third-order valence-corrected chi connectivity index (χ3v) is 4.82. The lowest BCUT2D eigenvalue weighted by molar-refractivity contribution is -0.305. The van der Waals surface area contributed by atoms with E-state index < -0.39 is 5.97 Å². The summed E-state index contributed by atoms with van der Waals surface area (Å²) in [7, 11) is 0. The fourth-order valence-corrected chi connectivity index (χ4v) is 3.90. The number of unbranched alkanes of at least 4 members (excludes halogenated alkanes) is 2. The first-order chi connectivity index (χ1) is 9.59. The van der Waals surface area contributed by atoms with Crippen molar-refractivity contribution in [2.45, 2.75) is 32.1 Å². The van der Waals surface area contributed by atoms with Crippen LogP contribution in [0.25, 0.3) is 0 Å². The summed E-state index contributed by atoms with van der Waals surface area (Å²) < 4.78 is 0. The van der Waals surface area contributed by atoms with Crippen molar-refractivity contribution in [2.75, 3.05) is 6.54 Å². The molecule has 0 N–H and O–H groups in total. The van der Waals surface area contributed by atoms with Crippen molar-refractivity contribution >= 4 is 17.8 Å². The number of imide groups is 1. The average Bonchev–Trinajstić information content (AvgIpc) is 3.06. The van der Waals surface area contributed by atoms with Crippen LogP contribution in [0.15, 0.2) is 12.2 Å². The van der Waals surface area contributed by atoms with Gasteiger partial charge in [0.05, 0.1) is 11.8 Å². The van der Waals surface area contributed by atoms with Gasteiger partial charge in [0.1, 0.15) is 0 Å². The fraction of sp³-hybridized carbons (Fsp3) is 0.667. The smallest absolute Gasteiger partial charge is 0.233 e. The molecule has 0 radical (unpaired) electrons. The van der Waals surface area contributed by atoms with Crippen LogP contribution in [-0.4, -0.2) is 29.2 Å². The van der Waals surface area contributed by atoms with E-state index >= 15 is 0 Å². The first-order valence-corrected chi connectivity index (χ1v) is 7.33. The molecule has 5 heteroatoms. The number of carboxylic acids is 1. The molecule has 1 aliphatic heterocycles. The maximum Gasteiger partial charge on any atom is 0.233 e. The minimum atomic E-state index is -1.05. The Morgan fingerprint density at radius 1 is 1.10 bits per heavy atom. The van der Waals surface area contributed by atoms with Gasteiger partial charge in [-0.05, 0) is 37.5 Å². The van der Waals surface area contributed by atoms with Crippen LogP contribution in [0.5, 0.6) is 0 Å². The molecule has 2 aliphatic carbocycles. The van der Waals surface area contributed by atoms with Crippen molar-refractivity contribution in [1.29, 1.82) is 0 Å². The van der Waals surface area contributed by atoms with Crippen LogP contribution in [-0.2, 0) is 14.4 Å². The van der Waals surface area contributed by atoms with Crippen LogP contribution >= 0.6 is 0 Å². The lowest BCUT2D eigenvalue weighted by atomic mass is 9.85. The number of carbonyl (C=O) groups is 3. The van der Waals surface area contributed by atoms with Gasteiger partial charge >= 0.3 is 0 Å². The second-order valence-electron chi connectivity index (χ2n) is 6.01. The van der Waals surface area contributed by atoms with E-state index in [0.29, 0.717) is 25.8 Å². The lowest BCUT2D eigenvalue weighted by Crippen LogP contribution is -2.33. The van der Waals surface area contributed by atoms with Crippen molar-refractivity contribution < 1.29 is 19.5 Å². The summed E-state index contributed by atoms with van der Waals surface area (Å²) in [5.74, 6) is -0.820. The molecule has 3 rings (SSSR count). The first-order valence-electron chi connectivity index (χ1n) is 7.33. The normalized spacial score (nSPS) is 34.1. The second-order valence-corrected chi connectivity index (χ2v) is 6.01. The molecule has 0 spiro atoms. The molecule has 108 valence electrons. The van der Waals surface area contributed by atoms with Gasteiger partial charge < -0.3 is 9.90 Å². The Labute approximate surface area is 117 Å². The van der Waals surface area contributed by atoms with Crippen LogP contribution in [0, 0.1) is 23.7 Å². The molecule has 0 unspecified atom stereocenters. The zero-order valence-electron chi connectivity index (χ0n) is 11.3. The molecule has 2 fully saturated rings. The Morgan fingerprint density at radius 3 is 2.25 bits per heavy atom. The quantitative estimate of drug-likeness (QED) is 0.392. The van der Waals surface area contributed by atoms with Gasteiger partial charge in [-0.25, -0.2) is 0 Å². The van der Waals surface area contributed by atoms with Gasteiger partial charge in [0.15, 0.2) is 0 Å². The molecule has 5 nitrogen and oxygen atoms in total. The minimum Gasteiger partial charge on any atom is -0.550 e. The Balaban J connectivity index is 1.53. The van der Waals surface area contributed by atoms with E-state index in [9.17, 15) is 19.5 Å². The van der Waals surface area contributed by atoms with E-state index in [0.717, 1.165) is 6.42 Å². The summed E-state index contributed by atoms with van der Waals surface area (Å²) in [5, 5.41) is 10.3. The Morgan fingerprint density at radius 2 is 1.70 bits per heavy atom. The van der Waals surface area contributed by atoms with Crippen molar-refractivity contribution in [3.8, 4) is 0 Å². The number of likely N-dealkylation sites (tertiary alicyclic amines) is 1. The molecule has 3 aliphatic rings. The number of hydrogen-bond donors (Lipinski definition) is 0. The predicted molar refractivity (Wildman–Crippen MR) is 67.9 cm³/mol. The van der Waals surface area contributed by atoms with E-state index in [1.165, 1.54) is 4.90 Å². The molecule has 0 aromatic rings. The summed E-state index contributed by atoms with van der Waals surface area (Å²) in [4.78, 5) is 36.4.